The lowest BCUT2D eigenvalue weighted by Gasteiger charge is -2.05. The van der Waals surface area contributed by atoms with Crippen LogP contribution < -0.4 is 10.5 Å². The van der Waals surface area contributed by atoms with Crippen molar-refractivity contribution >= 4 is 32.7 Å². The molecule has 0 aliphatic carbocycles. The van der Waals surface area contributed by atoms with Gasteiger partial charge in [-0.3, -0.25) is 4.72 Å². The van der Waals surface area contributed by atoms with E-state index < -0.39 is 10.0 Å². The number of rotatable bonds is 4. The number of aryl methyl sites for hydroxylation is 1. The third-order valence-corrected chi connectivity index (χ3v) is 5.06. The number of nitrogen functional groups attached to an aromatic ring is 1. The Hall–Kier alpha value is -2.38. The SMILES string of the molecule is Cc1sc(-c2ccccc2N)nc1-c1ccc(NS(C)(=O)=O)cc1. The highest BCUT2D eigenvalue weighted by Gasteiger charge is 2.13. The van der Waals surface area contributed by atoms with Crippen LogP contribution >= 0.6 is 11.3 Å². The van der Waals surface area contributed by atoms with Crippen molar-refractivity contribution in [2.75, 3.05) is 16.7 Å². The van der Waals surface area contributed by atoms with E-state index in [-0.39, 0.29) is 0 Å². The molecule has 0 radical (unpaired) electrons. The molecule has 124 valence electrons. The fourth-order valence-corrected chi connectivity index (χ4v) is 3.93. The maximum absolute atomic E-state index is 11.3. The lowest BCUT2D eigenvalue weighted by molar-refractivity contribution is 0.607. The standard InChI is InChI=1S/C17H17N3O2S2/c1-11-16(12-7-9-13(10-8-12)20-24(2,21)22)19-17(23-11)14-5-3-4-6-15(14)18/h3-10,20H,18H2,1-2H3. The Labute approximate surface area is 145 Å². The van der Waals surface area contributed by atoms with Crippen LogP contribution in [0.2, 0.25) is 0 Å². The van der Waals surface area contributed by atoms with Crippen LogP contribution in [0.25, 0.3) is 21.8 Å². The van der Waals surface area contributed by atoms with Crippen molar-refractivity contribution in [1.29, 1.82) is 0 Å². The third kappa shape index (κ3) is 3.58. The first-order chi connectivity index (χ1) is 11.3. The van der Waals surface area contributed by atoms with Gasteiger partial charge in [0.05, 0.1) is 11.9 Å². The van der Waals surface area contributed by atoms with E-state index in [1.165, 1.54) is 0 Å². The van der Waals surface area contributed by atoms with Gasteiger partial charge in [-0.25, -0.2) is 13.4 Å². The summed E-state index contributed by atoms with van der Waals surface area (Å²) in [6, 6.07) is 14.8. The molecule has 3 aromatic rings. The van der Waals surface area contributed by atoms with Crippen LogP contribution in [-0.4, -0.2) is 19.7 Å². The van der Waals surface area contributed by atoms with Gasteiger partial charge in [0.2, 0.25) is 10.0 Å². The van der Waals surface area contributed by atoms with Crippen LogP contribution in [0.15, 0.2) is 48.5 Å². The summed E-state index contributed by atoms with van der Waals surface area (Å²) in [6.45, 7) is 2.01. The van der Waals surface area contributed by atoms with Gasteiger partial charge in [-0.15, -0.1) is 11.3 Å². The molecule has 24 heavy (non-hydrogen) atoms. The van der Waals surface area contributed by atoms with E-state index in [2.05, 4.69) is 4.72 Å². The zero-order valence-electron chi connectivity index (χ0n) is 13.3. The van der Waals surface area contributed by atoms with E-state index >= 15 is 0 Å². The van der Waals surface area contributed by atoms with Crippen LogP contribution in [0.1, 0.15) is 4.88 Å². The average Bonchev–Trinajstić information content (AvgIpc) is 2.89. The monoisotopic (exact) mass is 359 g/mol. The van der Waals surface area contributed by atoms with Crippen molar-refractivity contribution in [2.24, 2.45) is 0 Å². The minimum atomic E-state index is -3.28. The Morgan fingerprint density at radius 3 is 2.38 bits per heavy atom. The Kier molecular flexibility index (Phi) is 4.29. The summed E-state index contributed by atoms with van der Waals surface area (Å²) in [5.41, 5.74) is 10.00. The minimum Gasteiger partial charge on any atom is -0.398 e. The van der Waals surface area contributed by atoms with Gasteiger partial charge in [0.1, 0.15) is 5.01 Å². The Morgan fingerprint density at radius 2 is 1.75 bits per heavy atom. The predicted octanol–water partition coefficient (Wildman–Crippen LogP) is 3.74. The van der Waals surface area contributed by atoms with Crippen LogP contribution in [0.3, 0.4) is 0 Å². The van der Waals surface area contributed by atoms with Gasteiger partial charge in [0.15, 0.2) is 0 Å². The molecule has 3 N–H and O–H groups in total. The van der Waals surface area contributed by atoms with Gasteiger partial charge in [-0.2, -0.15) is 0 Å². The van der Waals surface area contributed by atoms with E-state index in [9.17, 15) is 8.42 Å². The second-order valence-corrected chi connectivity index (χ2v) is 8.41. The lowest BCUT2D eigenvalue weighted by atomic mass is 10.1. The van der Waals surface area contributed by atoms with E-state index in [1.54, 1.807) is 23.5 Å². The van der Waals surface area contributed by atoms with Gasteiger partial charge in [-0.1, -0.05) is 24.3 Å². The number of benzene rings is 2. The number of sulfonamides is 1. The molecular weight excluding hydrogens is 342 g/mol. The number of anilines is 2. The number of hydrogen-bond donors (Lipinski definition) is 2. The molecule has 3 rings (SSSR count). The quantitative estimate of drug-likeness (QED) is 0.695. The number of hydrogen-bond acceptors (Lipinski definition) is 5. The van der Waals surface area contributed by atoms with Gasteiger partial charge >= 0.3 is 0 Å². The zero-order valence-corrected chi connectivity index (χ0v) is 14.9. The highest BCUT2D eigenvalue weighted by atomic mass is 32.2. The van der Waals surface area contributed by atoms with Gasteiger partial charge in [0, 0.05) is 27.4 Å². The summed E-state index contributed by atoms with van der Waals surface area (Å²) >= 11 is 1.59. The smallest absolute Gasteiger partial charge is 0.229 e. The molecule has 7 heteroatoms. The lowest BCUT2D eigenvalue weighted by Crippen LogP contribution is -2.09. The van der Waals surface area contributed by atoms with Crippen molar-refractivity contribution < 1.29 is 8.42 Å². The van der Waals surface area contributed by atoms with E-state index in [1.807, 2.05) is 43.3 Å². The van der Waals surface area contributed by atoms with Crippen LogP contribution in [0, 0.1) is 6.92 Å². The minimum absolute atomic E-state index is 0.529. The van der Waals surface area contributed by atoms with Crippen molar-refractivity contribution in [2.45, 2.75) is 6.92 Å². The number of nitrogens with zero attached hydrogens (tertiary/aromatic N) is 1. The van der Waals surface area contributed by atoms with Crippen molar-refractivity contribution in [3.63, 3.8) is 0 Å². The van der Waals surface area contributed by atoms with Gasteiger partial charge in [0.25, 0.3) is 0 Å². The fraction of sp³-hybridized carbons (Fsp3) is 0.118. The fourth-order valence-electron chi connectivity index (χ4n) is 2.38. The molecule has 0 aliphatic rings. The second kappa shape index (κ2) is 6.26. The molecule has 1 heterocycles. The summed E-state index contributed by atoms with van der Waals surface area (Å²) in [7, 11) is -3.28. The maximum atomic E-state index is 11.3. The van der Waals surface area contributed by atoms with Gasteiger partial charge in [-0.05, 0) is 31.2 Å². The molecule has 0 atom stereocenters. The first-order valence-electron chi connectivity index (χ1n) is 7.24. The summed E-state index contributed by atoms with van der Waals surface area (Å²) in [5.74, 6) is 0. The topological polar surface area (TPSA) is 85.1 Å². The summed E-state index contributed by atoms with van der Waals surface area (Å²) in [5, 5.41) is 0.874. The van der Waals surface area contributed by atoms with E-state index in [0.29, 0.717) is 11.4 Å². The second-order valence-electron chi connectivity index (χ2n) is 5.46. The number of thiazole rings is 1. The van der Waals surface area contributed by atoms with Gasteiger partial charge < -0.3 is 5.73 Å². The third-order valence-electron chi connectivity index (χ3n) is 3.45. The molecule has 1 aromatic heterocycles. The summed E-state index contributed by atoms with van der Waals surface area (Å²) in [6.07, 6.45) is 1.13. The van der Waals surface area contributed by atoms with Crippen LogP contribution in [0.5, 0.6) is 0 Å². The highest BCUT2D eigenvalue weighted by Crippen LogP contribution is 2.35. The number of aromatic nitrogens is 1. The maximum Gasteiger partial charge on any atom is 0.229 e. The Balaban J connectivity index is 1.95. The van der Waals surface area contributed by atoms with Crippen LogP contribution in [0.4, 0.5) is 11.4 Å². The largest absolute Gasteiger partial charge is 0.398 e. The normalized spacial score (nSPS) is 11.4. The number of nitrogens with two attached hydrogens (primary N) is 1. The molecule has 0 bridgehead atoms. The van der Waals surface area contributed by atoms with Crippen molar-refractivity contribution in [1.82, 2.24) is 4.98 Å². The predicted molar refractivity (Wildman–Crippen MR) is 101 cm³/mol. The molecular formula is C17H17N3O2S2. The zero-order chi connectivity index (χ0) is 17.3. The molecule has 0 saturated carbocycles. The molecule has 2 aromatic carbocycles. The number of para-hydroxylation sites is 1. The first kappa shape index (κ1) is 16.5. The molecule has 0 aliphatic heterocycles. The summed E-state index contributed by atoms with van der Waals surface area (Å²) in [4.78, 5) is 5.80. The molecule has 0 saturated heterocycles. The average molecular weight is 359 g/mol. The molecule has 0 unspecified atom stereocenters. The molecule has 0 spiro atoms. The van der Waals surface area contributed by atoms with Crippen LogP contribution in [-0.2, 0) is 10.0 Å². The van der Waals surface area contributed by atoms with E-state index in [0.717, 1.165) is 33.0 Å². The van der Waals surface area contributed by atoms with E-state index in [4.69, 9.17) is 10.7 Å². The summed E-state index contributed by atoms with van der Waals surface area (Å²) < 4.78 is 25.0. The Morgan fingerprint density at radius 1 is 1.08 bits per heavy atom. The number of nitrogens with one attached hydrogen (secondary N) is 1. The van der Waals surface area contributed by atoms with Crippen molar-refractivity contribution in [3.05, 3.63) is 53.4 Å². The Bertz CT molecular complexity index is 977. The first-order valence-corrected chi connectivity index (χ1v) is 9.95. The molecule has 0 fully saturated rings. The highest BCUT2D eigenvalue weighted by molar-refractivity contribution is 7.92. The van der Waals surface area contributed by atoms with Crippen molar-refractivity contribution in [3.8, 4) is 21.8 Å². The molecule has 0 amide bonds. The molecule has 5 nitrogen and oxygen atoms in total.